The molecule has 0 amide bonds. The molecule has 0 radical (unpaired) electrons. The van der Waals surface area contributed by atoms with Crippen LogP contribution in [0, 0.1) is 23.7 Å². The summed E-state index contributed by atoms with van der Waals surface area (Å²) in [5.74, 6) is 3.69. The number of rotatable bonds is 4. The van der Waals surface area contributed by atoms with Gasteiger partial charge in [0.05, 0.1) is 12.2 Å². The van der Waals surface area contributed by atoms with Crippen molar-refractivity contribution in [2.24, 2.45) is 29.4 Å². The number of hydrogen-bond donors (Lipinski definition) is 1. The van der Waals surface area contributed by atoms with Crippen molar-refractivity contribution >= 4 is 0 Å². The standard InChI is InChI=1S/C17H29NO/c18-16(15-3-1-2-4-15)11-19-17-8-12-5-13(9-17)7-14(6-12)10-17/h12-16H,1-11,18H2. The maximum absolute atomic E-state index is 6.49. The molecule has 0 heterocycles. The second kappa shape index (κ2) is 4.73. The highest BCUT2D eigenvalue weighted by molar-refractivity contribution is 5.03. The summed E-state index contributed by atoms with van der Waals surface area (Å²) in [6.07, 6.45) is 14.0. The van der Waals surface area contributed by atoms with Crippen LogP contribution in [0.25, 0.3) is 0 Å². The minimum Gasteiger partial charge on any atom is -0.373 e. The van der Waals surface area contributed by atoms with Crippen LogP contribution in [-0.4, -0.2) is 18.2 Å². The van der Waals surface area contributed by atoms with Crippen LogP contribution in [0.5, 0.6) is 0 Å². The lowest BCUT2D eigenvalue weighted by Gasteiger charge is -2.56. The highest BCUT2D eigenvalue weighted by Gasteiger charge is 2.51. The minimum atomic E-state index is 0.255. The first-order chi connectivity index (χ1) is 9.22. The largest absolute Gasteiger partial charge is 0.373 e. The highest BCUT2D eigenvalue weighted by atomic mass is 16.5. The molecule has 0 aromatic rings. The van der Waals surface area contributed by atoms with E-state index >= 15 is 0 Å². The van der Waals surface area contributed by atoms with Gasteiger partial charge >= 0.3 is 0 Å². The van der Waals surface area contributed by atoms with E-state index in [0.717, 1.165) is 30.3 Å². The van der Waals surface area contributed by atoms with E-state index in [1.807, 2.05) is 0 Å². The molecule has 0 aromatic carbocycles. The molecule has 1 atom stereocenters. The van der Waals surface area contributed by atoms with Gasteiger partial charge in [0, 0.05) is 6.04 Å². The fourth-order valence-electron chi connectivity index (χ4n) is 6.00. The normalized spacial score (nSPS) is 46.9. The Hall–Kier alpha value is -0.0800. The Morgan fingerprint density at radius 3 is 2.00 bits per heavy atom. The van der Waals surface area contributed by atoms with Gasteiger partial charge in [0.15, 0.2) is 0 Å². The molecule has 5 saturated carbocycles. The second-order valence-electron chi connectivity index (χ2n) is 8.12. The van der Waals surface area contributed by atoms with Crippen molar-refractivity contribution in [3.05, 3.63) is 0 Å². The summed E-state index contributed by atoms with van der Waals surface area (Å²) >= 11 is 0. The molecule has 5 aliphatic carbocycles. The first-order valence-electron chi connectivity index (χ1n) is 8.62. The van der Waals surface area contributed by atoms with Gasteiger partial charge in [0.2, 0.25) is 0 Å². The van der Waals surface area contributed by atoms with E-state index in [2.05, 4.69) is 0 Å². The number of hydrogen-bond acceptors (Lipinski definition) is 2. The monoisotopic (exact) mass is 263 g/mol. The summed E-state index contributed by atoms with van der Waals surface area (Å²) in [6, 6.07) is 0.301. The predicted octanol–water partition coefficient (Wildman–Crippen LogP) is 3.49. The van der Waals surface area contributed by atoms with Gasteiger partial charge in [-0.1, -0.05) is 12.8 Å². The summed E-state index contributed by atoms with van der Waals surface area (Å²) in [6.45, 7) is 0.830. The van der Waals surface area contributed by atoms with Gasteiger partial charge in [-0.25, -0.2) is 0 Å². The summed E-state index contributed by atoms with van der Waals surface area (Å²) in [5, 5.41) is 0. The lowest BCUT2D eigenvalue weighted by molar-refractivity contribution is -0.166. The zero-order chi connectivity index (χ0) is 12.9. The minimum absolute atomic E-state index is 0.255. The van der Waals surface area contributed by atoms with Crippen LogP contribution in [0.15, 0.2) is 0 Å². The Bertz CT molecular complexity index is 299. The third-order valence-corrected chi connectivity index (χ3v) is 6.57. The van der Waals surface area contributed by atoms with Crippen molar-refractivity contribution in [2.45, 2.75) is 75.9 Å². The zero-order valence-corrected chi connectivity index (χ0v) is 12.2. The van der Waals surface area contributed by atoms with Crippen LogP contribution in [0.3, 0.4) is 0 Å². The molecule has 2 N–H and O–H groups in total. The third kappa shape index (κ3) is 2.35. The predicted molar refractivity (Wildman–Crippen MR) is 76.8 cm³/mol. The molecular weight excluding hydrogens is 234 g/mol. The van der Waals surface area contributed by atoms with Gasteiger partial charge < -0.3 is 10.5 Å². The van der Waals surface area contributed by atoms with Crippen molar-refractivity contribution in [2.75, 3.05) is 6.61 Å². The van der Waals surface area contributed by atoms with E-state index in [1.54, 1.807) is 0 Å². The lowest BCUT2D eigenvalue weighted by atomic mass is 9.54. The number of nitrogens with two attached hydrogens (primary N) is 1. The van der Waals surface area contributed by atoms with Crippen LogP contribution in [0.4, 0.5) is 0 Å². The van der Waals surface area contributed by atoms with Gasteiger partial charge in [-0.3, -0.25) is 0 Å². The molecule has 5 rings (SSSR count). The van der Waals surface area contributed by atoms with Crippen molar-refractivity contribution < 1.29 is 4.74 Å². The topological polar surface area (TPSA) is 35.2 Å². The molecule has 108 valence electrons. The SMILES string of the molecule is NC(COC12CC3CC(CC(C3)C1)C2)C1CCCC1. The van der Waals surface area contributed by atoms with E-state index in [9.17, 15) is 0 Å². The molecule has 2 heteroatoms. The van der Waals surface area contributed by atoms with Crippen LogP contribution in [0.1, 0.15) is 64.2 Å². The van der Waals surface area contributed by atoms with E-state index in [0.29, 0.717) is 6.04 Å². The quantitative estimate of drug-likeness (QED) is 0.842. The Morgan fingerprint density at radius 1 is 0.947 bits per heavy atom. The molecule has 0 saturated heterocycles. The Morgan fingerprint density at radius 2 is 1.47 bits per heavy atom. The lowest BCUT2D eigenvalue weighted by Crippen LogP contribution is -2.53. The van der Waals surface area contributed by atoms with Crippen molar-refractivity contribution in [1.29, 1.82) is 0 Å². The first kappa shape index (κ1) is 12.6. The molecule has 1 unspecified atom stereocenters. The van der Waals surface area contributed by atoms with E-state index in [4.69, 9.17) is 10.5 Å². The first-order valence-corrected chi connectivity index (χ1v) is 8.62. The zero-order valence-electron chi connectivity index (χ0n) is 12.2. The summed E-state index contributed by atoms with van der Waals surface area (Å²) in [7, 11) is 0. The average molecular weight is 263 g/mol. The van der Waals surface area contributed by atoms with E-state index in [1.165, 1.54) is 64.2 Å². The third-order valence-electron chi connectivity index (χ3n) is 6.57. The van der Waals surface area contributed by atoms with Gasteiger partial charge in [0.25, 0.3) is 0 Å². The molecular formula is C17H29NO. The molecule has 0 aliphatic heterocycles. The molecule has 0 spiro atoms. The average Bonchev–Trinajstić information content (AvgIpc) is 2.88. The maximum Gasteiger partial charge on any atom is 0.0691 e. The fraction of sp³-hybridized carbons (Fsp3) is 1.00. The van der Waals surface area contributed by atoms with Crippen LogP contribution in [0.2, 0.25) is 0 Å². The van der Waals surface area contributed by atoms with E-state index in [-0.39, 0.29) is 5.60 Å². The highest BCUT2D eigenvalue weighted by Crippen LogP contribution is 2.57. The Kier molecular flexibility index (Phi) is 3.15. The Balaban J connectivity index is 1.37. The maximum atomic E-state index is 6.49. The second-order valence-corrected chi connectivity index (χ2v) is 8.12. The van der Waals surface area contributed by atoms with Gasteiger partial charge in [0.1, 0.15) is 0 Å². The van der Waals surface area contributed by atoms with Crippen LogP contribution in [-0.2, 0) is 4.74 Å². The molecule has 5 fully saturated rings. The van der Waals surface area contributed by atoms with Gasteiger partial charge in [-0.2, -0.15) is 0 Å². The van der Waals surface area contributed by atoms with Gasteiger partial charge in [-0.05, 0) is 75.0 Å². The molecule has 19 heavy (non-hydrogen) atoms. The van der Waals surface area contributed by atoms with E-state index < -0.39 is 0 Å². The molecule has 0 aromatic heterocycles. The number of ether oxygens (including phenoxy) is 1. The molecule has 2 nitrogen and oxygen atoms in total. The van der Waals surface area contributed by atoms with Gasteiger partial charge in [-0.15, -0.1) is 0 Å². The fourth-order valence-corrected chi connectivity index (χ4v) is 6.00. The van der Waals surface area contributed by atoms with Crippen molar-refractivity contribution in [3.8, 4) is 0 Å². The molecule has 4 bridgehead atoms. The van der Waals surface area contributed by atoms with Crippen LogP contribution < -0.4 is 5.73 Å². The van der Waals surface area contributed by atoms with Crippen LogP contribution >= 0.6 is 0 Å². The summed E-state index contributed by atoms with van der Waals surface area (Å²) in [5.41, 5.74) is 6.64. The van der Waals surface area contributed by atoms with Crippen molar-refractivity contribution in [1.82, 2.24) is 0 Å². The summed E-state index contributed by atoms with van der Waals surface area (Å²) in [4.78, 5) is 0. The van der Waals surface area contributed by atoms with Crippen molar-refractivity contribution in [3.63, 3.8) is 0 Å². The smallest absolute Gasteiger partial charge is 0.0691 e. The molecule has 5 aliphatic rings. The summed E-state index contributed by atoms with van der Waals surface area (Å²) < 4.78 is 6.49. The Labute approximate surface area is 117 Å².